The number of rotatable bonds is 14. The van der Waals surface area contributed by atoms with Gasteiger partial charge in [-0.2, -0.15) is 73.4 Å². The second-order valence-corrected chi connectivity index (χ2v) is 15.1. The van der Waals surface area contributed by atoms with Crippen LogP contribution in [-0.2, 0) is 39.0 Å². The zero-order valence-corrected chi connectivity index (χ0v) is 25.0. The summed E-state index contributed by atoms with van der Waals surface area (Å²) in [6.45, 7) is -0.571. The number of carbonyl (C=O) groups is 1. The molecule has 1 fully saturated rings. The van der Waals surface area contributed by atoms with Crippen LogP contribution in [0.3, 0.4) is 0 Å². The van der Waals surface area contributed by atoms with Gasteiger partial charge in [0, 0.05) is 0 Å². The zero-order chi connectivity index (χ0) is 32.3. The van der Waals surface area contributed by atoms with E-state index in [1.807, 2.05) is 0 Å². The first-order chi connectivity index (χ1) is 18.8. The lowest BCUT2D eigenvalue weighted by atomic mass is 9.84. The van der Waals surface area contributed by atoms with Crippen LogP contribution in [0.25, 0.3) is 0 Å². The maximum Gasteiger partial charge on any atom is 0.567 e. The Morgan fingerprint density at radius 1 is 0.548 bits per heavy atom. The van der Waals surface area contributed by atoms with E-state index in [1.165, 1.54) is 24.3 Å². The third kappa shape index (κ3) is 14.0. The van der Waals surface area contributed by atoms with Gasteiger partial charge in [0.1, 0.15) is 6.10 Å². The first-order valence-electron chi connectivity index (χ1n) is 10.8. The van der Waals surface area contributed by atoms with Crippen molar-refractivity contribution in [3.8, 4) is 0 Å². The van der Waals surface area contributed by atoms with Gasteiger partial charge in [-0.05, 0) is 5.56 Å². The van der Waals surface area contributed by atoms with Crippen LogP contribution < -0.4 is 0 Å². The molecule has 0 saturated heterocycles. The molecule has 0 aromatic heterocycles. The van der Waals surface area contributed by atoms with E-state index in [9.17, 15) is 78.2 Å². The SMILES string of the molecule is O=C(C[P+](O)(O)O)OC1[C@@H](O[P+](O)(O)O)[C@H](O[P+](O)(O)O)C(OCc2ccccc2)[C@H](O[P+](O)(O)O)[C@H]1O[P+](O)(O)O. The summed E-state index contributed by atoms with van der Waals surface area (Å²) >= 11 is 0. The van der Waals surface area contributed by atoms with Crippen molar-refractivity contribution in [1.29, 1.82) is 0 Å². The van der Waals surface area contributed by atoms with Crippen LogP contribution in [0.15, 0.2) is 30.3 Å². The Kier molecular flexibility index (Phi) is 13.3. The molecule has 0 amide bonds. The van der Waals surface area contributed by atoms with Crippen LogP contribution in [0.5, 0.6) is 0 Å². The summed E-state index contributed by atoms with van der Waals surface area (Å²) < 4.78 is 29.1. The van der Waals surface area contributed by atoms with Gasteiger partial charge in [0.15, 0.2) is 30.5 Å². The lowest BCUT2D eigenvalue weighted by Gasteiger charge is -2.44. The molecule has 6 atom stereocenters. The summed E-state index contributed by atoms with van der Waals surface area (Å²) in [5.41, 5.74) is 0.311. The van der Waals surface area contributed by atoms with Gasteiger partial charge in [-0.25, -0.2) is 4.79 Å². The first kappa shape index (κ1) is 38.2. The van der Waals surface area contributed by atoms with Gasteiger partial charge in [0.2, 0.25) is 6.16 Å². The van der Waals surface area contributed by atoms with Gasteiger partial charge >= 0.3 is 46.6 Å². The third-order valence-corrected chi connectivity index (χ3v) is 7.68. The Morgan fingerprint density at radius 3 is 1.24 bits per heavy atom. The number of carbonyl (C=O) groups excluding carboxylic acids is 1. The summed E-state index contributed by atoms with van der Waals surface area (Å²) in [5.74, 6) is -1.84. The number of ether oxygens (including phenoxy) is 2. The van der Waals surface area contributed by atoms with Crippen LogP contribution in [0.4, 0.5) is 0 Å². The summed E-state index contributed by atoms with van der Waals surface area (Å²) in [5, 5.41) is 0. The molecule has 0 aliphatic heterocycles. The van der Waals surface area contributed by atoms with Gasteiger partial charge in [-0.3, -0.25) is 0 Å². The highest BCUT2D eigenvalue weighted by molar-refractivity contribution is 7.59. The van der Waals surface area contributed by atoms with Crippen molar-refractivity contribution >= 4 is 46.6 Å². The molecule has 1 aromatic carbocycles. The molecule has 22 nitrogen and oxygen atoms in total. The highest BCUT2D eigenvalue weighted by Crippen LogP contribution is 2.59. The van der Waals surface area contributed by atoms with Gasteiger partial charge in [0.05, 0.1) is 6.61 Å². The second kappa shape index (κ2) is 14.6. The van der Waals surface area contributed by atoms with Crippen molar-refractivity contribution in [3.63, 3.8) is 0 Å². The topological polar surface area (TPSA) is 376 Å². The molecule has 27 heteroatoms. The highest BCUT2D eigenvalue weighted by atomic mass is 31.2. The predicted octanol–water partition coefficient (Wildman–Crippen LogP) is -3.60. The van der Waals surface area contributed by atoms with E-state index in [-0.39, 0.29) is 0 Å². The minimum atomic E-state index is -5.57. The number of hydrogen-bond donors (Lipinski definition) is 15. The lowest BCUT2D eigenvalue weighted by molar-refractivity contribution is -0.237. The maximum absolute atomic E-state index is 12.4. The van der Waals surface area contributed by atoms with Gasteiger partial charge in [-0.15, -0.1) is 18.1 Å². The predicted molar refractivity (Wildman–Crippen MR) is 137 cm³/mol. The van der Waals surface area contributed by atoms with Crippen molar-refractivity contribution in [3.05, 3.63) is 35.9 Å². The van der Waals surface area contributed by atoms with Crippen molar-refractivity contribution in [2.24, 2.45) is 0 Å². The molecule has 42 heavy (non-hydrogen) atoms. The van der Waals surface area contributed by atoms with E-state index in [2.05, 4.69) is 9.05 Å². The summed E-state index contributed by atoms with van der Waals surface area (Å²) in [7, 11) is -27.1. The normalized spacial score (nSPS) is 26.3. The fourth-order valence-electron chi connectivity index (χ4n) is 3.71. The Morgan fingerprint density at radius 2 is 0.905 bits per heavy atom. The van der Waals surface area contributed by atoms with Gasteiger partial charge in [0.25, 0.3) is 0 Å². The number of benzene rings is 1. The average molecular weight is 717 g/mol. The van der Waals surface area contributed by atoms with Crippen molar-refractivity contribution in [2.45, 2.75) is 43.2 Å². The first-order valence-corrected chi connectivity index (χ1v) is 18.9. The summed E-state index contributed by atoms with van der Waals surface area (Å²) in [6.07, 6.45) is -16.8. The van der Waals surface area contributed by atoms with Gasteiger partial charge < -0.3 is 9.47 Å². The standard InChI is InChI=1S/C15H30O22P5/c16-9(7-38(17,18)19)33-11-14(36-41(26,27)28)12(34-39(20,21)22)10(32-6-8-4-2-1-3-5-8)13(35-40(23,24)25)15(11)37-42(29,30)31/h1-5,10-15,17-31H,6-7H2/q+5/t10?,11?,12-,13+,14-,15+. The molecule has 0 heterocycles. The Hall–Kier alpha value is 0.0400. The van der Waals surface area contributed by atoms with E-state index >= 15 is 0 Å². The molecule has 0 bridgehead atoms. The Labute approximate surface area is 238 Å². The van der Waals surface area contributed by atoms with E-state index < -0.39 is 96.0 Å². The van der Waals surface area contributed by atoms with Crippen LogP contribution in [-0.4, -0.2) is 122 Å². The molecule has 2 rings (SSSR count). The van der Waals surface area contributed by atoms with Crippen molar-refractivity contribution in [1.82, 2.24) is 0 Å². The highest BCUT2D eigenvalue weighted by Gasteiger charge is 2.68. The number of hydrogen-bond acceptors (Lipinski definition) is 22. The Bertz CT molecular complexity index is 957. The maximum atomic E-state index is 12.4. The van der Waals surface area contributed by atoms with E-state index in [0.29, 0.717) is 5.56 Å². The average Bonchev–Trinajstić information content (AvgIpc) is 2.74. The second-order valence-electron chi connectivity index (χ2n) is 8.40. The van der Waals surface area contributed by atoms with Gasteiger partial charge in [-0.1, -0.05) is 30.3 Å². The Balaban J connectivity index is 2.77. The largest absolute Gasteiger partial charge is 0.567 e. The van der Waals surface area contributed by atoms with Crippen molar-refractivity contribution < 1.29 is 106 Å². The van der Waals surface area contributed by atoms with E-state index in [0.717, 1.165) is 0 Å². The summed E-state index contributed by atoms with van der Waals surface area (Å²) in [4.78, 5) is 156. The number of esters is 1. The van der Waals surface area contributed by atoms with Crippen LogP contribution in [0.1, 0.15) is 5.56 Å². The smallest absolute Gasteiger partial charge is 0.453 e. The van der Waals surface area contributed by atoms with E-state index in [4.69, 9.17) is 18.5 Å². The molecular weight excluding hydrogens is 687 g/mol. The quantitative estimate of drug-likeness (QED) is 0.0652. The molecule has 15 N–H and O–H groups in total. The van der Waals surface area contributed by atoms with Crippen LogP contribution in [0, 0.1) is 0 Å². The molecule has 1 saturated carbocycles. The monoisotopic (exact) mass is 717 g/mol. The third-order valence-electron chi connectivity index (χ3n) is 4.89. The molecule has 1 aromatic rings. The minimum Gasteiger partial charge on any atom is -0.453 e. The molecule has 1 aliphatic carbocycles. The molecule has 0 radical (unpaired) electrons. The molecule has 1 aliphatic rings. The zero-order valence-electron chi connectivity index (χ0n) is 20.6. The molecule has 242 valence electrons. The van der Waals surface area contributed by atoms with Crippen molar-refractivity contribution in [2.75, 3.05) is 6.16 Å². The van der Waals surface area contributed by atoms with E-state index in [1.54, 1.807) is 6.07 Å². The fourth-order valence-corrected chi connectivity index (χ4v) is 6.39. The van der Waals surface area contributed by atoms with Crippen LogP contribution >= 0.6 is 40.6 Å². The van der Waals surface area contributed by atoms with Crippen LogP contribution in [0.2, 0.25) is 0 Å². The molecular formula is C15H30O22P5+5. The molecule has 0 spiro atoms. The fraction of sp³-hybridized carbons (Fsp3) is 0.533. The lowest BCUT2D eigenvalue weighted by Crippen LogP contribution is -2.67. The summed E-state index contributed by atoms with van der Waals surface area (Å²) in [6, 6.07) is 7.53. The molecule has 2 unspecified atom stereocenters. The minimum absolute atomic E-state index is 0.311.